The lowest BCUT2D eigenvalue weighted by molar-refractivity contribution is 0.0555. The molecule has 0 heterocycles. The van der Waals surface area contributed by atoms with Crippen LogP contribution in [-0.4, -0.2) is 26.2 Å². The maximum Gasteiger partial charge on any atom is 0.338 e. The molecule has 4 nitrogen and oxygen atoms in total. The highest BCUT2D eigenvalue weighted by molar-refractivity contribution is 6.02. The molecule has 0 saturated carbocycles. The number of methoxy groups -OCH3 is 2. The number of esters is 2. The first kappa shape index (κ1) is 16.9. The second-order valence-electron chi connectivity index (χ2n) is 3.51. The van der Waals surface area contributed by atoms with Crippen molar-refractivity contribution in [2.45, 2.75) is 20.3 Å². The first-order chi connectivity index (χ1) is 9.12. The van der Waals surface area contributed by atoms with E-state index in [0.29, 0.717) is 0 Å². The summed E-state index contributed by atoms with van der Waals surface area (Å²) in [7, 11) is 2.52. The Bertz CT molecular complexity index is 401. The first-order valence-corrected chi connectivity index (χ1v) is 5.99. The molecule has 0 spiro atoms. The van der Waals surface area contributed by atoms with Gasteiger partial charge in [0.1, 0.15) is 0 Å². The molecule has 0 saturated heterocycles. The molecule has 0 radical (unpaired) electrons. The van der Waals surface area contributed by atoms with Gasteiger partial charge in [0.2, 0.25) is 0 Å². The van der Waals surface area contributed by atoms with Gasteiger partial charge in [0.25, 0.3) is 0 Å². The third-order valence-electron chi connectivity index (χ3n) is 2.21. The van der Waals surface area contributed by atoms with Crippen LogP contribution in [0.1, 0.15) is 41.0 Å². The second kappa shape index (κ2) is 9.88. The van der Waals surface area contributed by atoms with Crippen LogP contribution in [0, 0.1) is 0 Å². The zero-order chi connectivity index (χ0) is 14.7. The molecule has 0 atom stereocenters. The van der Waals surface area contributed by atoms with Gasteiger partial charge in [-0.25, -0.2) is 9.59 Å². The highest BCUT2D eigenvalue weighted by Gasteiger charge is 2.16. The predicted octanol–water partition coefficient (Wildman–Crippen LogP) is 3.23. The number of hydrogen-bond acceptors (Lipinski definition) is 4. The molecule has 104 valence electrons. The predicted molar refractivity (Wildman–Crippen MR) is 74.2 cm³/mol. The monoisotopic (exact) mass is 264 g/mol. The number of carbonyl (C=O) groups excluding carboxylic acids is 2. The van der Waals surface area contributed by atoms with Gasteiger partial charge in [0.05, 0.1) is 25.3 Å². The minimum atomic E-state index is -0.550. The summed E-state index contributed by atoms with van der Waals surface area (Å²) < 4.78 is 9.05. The molecule has 1 aromatic carbocycles. The van der Waals surface area contributed by atoms with Crippen molar-refractivity contribution >= 4 is 11.9 Å². The van der Waals surface area contributed by atoms with Crippen LogP contribution in [0.2, 0.25) is 0 Å². The minimum Gasteiger partial charge on any atom is -0.465 e. The van der Waals surface area contributed by atoms with E-state index in [2.05, 4.69) is 28.5 Å². The molecule has 0 amide bonds. The topological polar surface area (TPSA) is 52.6 Å². The molecule has 0 aliphatic rings. The summed E-state index contributed by atoms with van der Waals surface area (Å²) in [5.74, 6) is -1.10. The average molecular weight is 264 g/mol. The standard InChI is InChI=1S/C10H10O4.C5H10/c1-13-9(11)7-5-3-4-6-8(7)10(12)14-2;1-3-5-4-2/h3-6H,1-2H3;3,5H,4H2,1-2H3. The Kier molecular flexibility index (Phi) is 8.79. The van der Waals surface area contributed by atoms with Crippen LogP contribution in [0.3, 0.4) is 0 Å². The van der Waals surface area contributed by atoms with Crippen LogP contribution in [0.4, 0.5) is 0 Å². The molecule has 0 fully saturated rings. The third kappa shape index (κ3) is 5.86. The van der Waals surface area contributed by atoms with E-state index < -0.39 is 11.9 Å². The van der Waals surface area contributed by atoms with Crippen molar-refractivity contribution in [3.8, 4) is 0 Å². The quantitative estimate of drug-likeness (QED) is 0.621. The van der Waals surface area contributed by atoms with Crippen molar-refractivity contribution in [2.24, 2.45) is 0 Å². The van der Waals surface area contributed by atoms with Crippen molar-refractivity contribution in [3.05, 3.63) is 47.5 Å². The van der Waals surface area contributed by atoms with E-state index in [0.717, 1.165) is 6.42 Å². The van der Waals surface area contributed by atoms with Gasteiger partial charge < -0.3 is 9.47 Å². The summed E-state index contributed by atoms with van der Waals surface area (Å²) in [5, 5.41) is 0. The van der Waals surface area contributed by atoms with Crippen molar-refractivity contribution in [1.82, 2.24) is 0 Å². The third-order valence-corrected chi connectivity index (χ3v) is 2.21. The van der Waals surface area contributed by atoms with Crippen LogP contribution >= 0.6 is 0 Å². The van der Waals surface area contributed by atoms with Gasteiger partial charge in [-0.1, -0.05) is 31.2 Å². The summed E-state index contributed by atoms with van der Waals surface area (Å²) in [4.78, 5) is 22.4. The smallest absolute Gasteiger partial charge is 0.338 e. The lowest BCUT2D eigenvalue weighted by atomic mass is 10.1. The Morgan fingerprint density at radius 3 is 1.68 bits per heavy atom. The fourth-order valence-corrected chi connectivity index (χ4v) is 1.29. The lowest BCUT2D eigenvalue weighted by Crippen LogP contribution is -2.11. The van der Waals surface area contributed by atoms with Crippen molar-refractivity contribution in [2.75, 3.05) is 14.2 Å². The van der Waals surface area contributed by atoms with E-state index in [1.54, 1.807) is 12.1 Å². The Morgan fingerprint density at radius 1 is 1.05 bits per heavy atom. The van der Waals surface area contributed by atoms with Gasteiger partial charge in [-0.15, -0.1) is 0 Å². The average Bonchev–Trinajstić information content (AvgIpc) is 2.47. The number of carbonyl (C=O) groups is 2. The number of hydrogen-bond donors (Lipinski definition) is 0. The summed E-state index contributed by atoms with van der Waals surface area (Å²) in [5.41, 5.74) is 0.420. The maximum absolute atomic E-state index is 11.2. The molecule has 19 heavy (non-hydrogen) atoms. The van der Waals surface area contributed by atoms with Crippen LogP contribution in [0.5, 0.6) is 0 Å². The summed E-state index contributed by atoms with van der Waals surface area (Å²) in [6.07, 6.45) is 5.34. The molecular weight excluding hydrogens is 244 g/mol. The van der Waals surface area contributed by atoms with Crippen molar-refractivity contribution in [3.63, 3.8) is 0 Å². The summed E-state index contributed by atoms with van der Waals surface area (Å²) >= 11 is 0. The zero-order valence-corrected chi connectivity index (χ0v) is 11.8. The van der Waals surface area contributed by atoms with Gasteiger partial charge in [0, 0.05) is 0 Å². The molecular formula is C15H20O4. The van der Waals surface area contributed by atoms with E-state index in [9.17, 15) is 9.59 Å². The van der Waals surface area contributed by atoms with Gasteiger partial charge in [-0.05, 0) is 25.5 Å². The first-order valence-electron chi connectivity index (χ1n) is 5.99. The van der Waals surface area contributed by atoms with Crippen molar-refractivity contribution in [1.29, 1.82) is 0 Å². The molecule has 0 aromatic heterocycles. The molecule has 1 aromatic rings. The second-order valence-corrected chi connectivity index (χ2v) is 3.51. The van der Waals surface area contributed by atoms with Gasteiger partial charge >= 0.3 is 11.9 Å². The van der Waals surface area contributed by atoms with E-state index >= 15 is 0 Å². The Balaban J connectivity index is 0.000000555. The number of allylic oxidation sites excluding steroid dienone is 2. The lowest BCUT2D eigenvalue weighted by Gasteiger charge is -2.04. The Labute approximate surface area is 114 Å². The summed E-state index contributed by atoms with van der Waals surface area (Å²) in [6, 6.07) is 6.33. The molecule has 4 heteroatoms. The fourth-order valence-electron chi connectivity index (χ4n) is 1.29. The SMILES string of the molecule is CC=CCC.COC(=O)c1ccccc1C(=O)OC. The molecule has 1 rings (SSSR count). The molecule has 0 bridgehead atoms. The summed E-state index contributed by atoms with van der Waals surface area (Å²) in [6.45, 7) is 4.16. The van der Waals surface area contributed by atoms with Crippen LogP contribution in [0.25, 0.3) is 0 Å². The maximum atomic E-state index is 11.2. The molecule has 0 aliphatic heterocycles. The highest BCUT2D eigenvalue weighted by atomic mass is 16.5. The Morgan fingerprint density at radius 2 is 1.47 bits per heavy atom. The number of benzene rings is 1. The van der Waals surface area contributed by atoms with Crippen LogP contribution in [-0.2, 0) is 9.47 Å². The normalized spacial score (nSPS) is 9.47. The molecule has 0 N–H and O–H groups in total. The van der Waals surface area contributed by atoms with E-state index in [1.165, 1.54) is 26.4 Å². The minimum absolute atomic E-state index is 0.210. The van der Waals surface area contributed by atoms with Gasteiger partial charge in [-0.3, -0.25) is 0 Å². The van der Waals surface area contributed by atoms with Gasteiger partial charge in [0.15, 0.2) is 0 Å². The van der Waals surface area contributed by atoms with Gasteiger partial charge in [-0.2, -0.15) is 0 Å². The number of ether oxygens (including phenoxy) is 2. The van der Waals surface area contributed by atoms with E-state index in [-0.39, 0.29) is 11.1 Å². The van der Waals surface area contributed by atoms with Crippen molar-refractivity contribution < 1.29 is 19.1 Å². The molecule has 0 unspecified atom stereocenters. The highest BCUT2D eigenvalue weighted by Crippen LogP contribution is 2.10. The van der Waals surface area contributed by atoms with E-state index in [1.807, 2.05) is 6.92 Å². The zero-order valence-electron chi connectivity index (χ0n) is 11.8. The van der Waals surface area contributed by atoms with Crippen LogP contribution < -0.4 is 0 Å². The van der Waals surface area contributed by atoms with Crippen LogP contribution in [0.15, 0.2) is 36.4 Å². The molecule has 0 aliphatic carbocycles. The largest absolute Gasteiger partial charge is 0.465 e. The number of rotatable bonds is 3. The fraction of sp³-hybridized carbons (Fsp3) is 0.333. The van der Waals surface area contributed by atoms with E-state index in [4.69, 9.17) is 0 Å². The Hall–Kier alpha value is -2.10.